The molecule has 4 heterocycles. The zero-order chi connectivity index (χ0) is 21.1. The molecule has 7 heteroatoms. The minimum Gasteiger partial charge on any atom is -0.463 e. The van der Waals surface area contributed by atoms with Gasteiger partial charge in [0, 0.05) is 40.0 Å². The maximum atomic E-state index is 14.0. The molecular weight excluding hydrogens is 393 g/mol. The van der Waals surface area contributed by atoms with Gasteiger partial charge >= 0.3 is 0 Å². The quantitative estimate of drug-likeness (QED) is 0.425. The van der Waals surface area contributed by atoms with Crippen LogP contribution in [0.25, 0.3) is 39.1 Å². The molecule has 0 amide bonds. The van der Waals surface area contributed by atoms with E-state index in [2.05, 4.69) is 46.2 Å². The van der Waals surface area contributed by atoms with Crippen molar-refractivity contribution in [2.24, 2.45) is 0 Å². The number of rotatable bonds is 3. The van der Waals surface area contributed by atoms with Crippen molar-refractivity contribution in [1.82, 2.24) is 19.6 Å². The Morgan fingerprint density at radius 2 is 1.90 bits per heavy atom. The van der Waals surface area contributed by atoms with E-state index < -0.39 is 0 Å². The van der Waals surface area contributed by atoms with Crippen LogP contribution in [0, 0.1) is 5.82 Å². The van der Waals surface area contributed by atoms with Crippen LogP contribution in [-0.2, 0) is 6.54 Å². The Balaban J connectivity index is 1.54. The van der Waals surface area contributed by atoms with Gasteiger partial charge < -0.3 is 14.3 Å². The van der Waals surface area contributed by atoms with E-state index >= 15 is 0 Å². The van der Waals surface area contributed by atoms with Crippen LogP contribution in [-0.4, -0.2) is 25.6 Å². The number of nitrogens with one attached hydrogen (secondary N) is 1. The summed E-state index contributed by atoms with van der Waals surface area (Å²) < 4.78 is 23.6. The van der Waals surface area contributed by atoms with Gasteiger partial charge in [0.05, 0.1) is 35.6 Å². The summed E-state index contributed by atoms with van der Waals surface area (Å²) in [4.78, 5) is 0. The summed E-state index contributed by atoms with van der Waals surface area (Å²) >= 11 is 0. The van der Waals surface area contributed by atoms with Crippen LogP contribution in [0.2, 0.25) is 0 Å². The van der Waals surface area contributed by atoms with Crippen LogP contribution >= 0.6 is 0 Å². The summed E-state index contributed by atoms with van der Waals surface area (Å²) in [6, 6.07) is 13.1. The molecule has 0 fully saturated rings. The van der Waals surface area contributed by atoms with Gasteiger partial charge in [-0.15, -0.1) is 5.10 Å². The highest BCUT2D eigenvalue weighted by molar-refractivity contribution is 6.08. The van der Waals surface area contributed by atoms with Gasteiger partial charge in [0.2, 0.25) is 0 Å². The fourth-order valence-corrected chi connectivity index (χ4v) is 4.58. The normalized spacial score (nSPS) is 15.8. The van der Waals surface area contributed by atoms with Crippen LogP contribution in [0.3, 0.4) is 0 Å². The SMILES string of the molecule is CCn1c2ccc(F)cc2c2cc(-n3nncc3C3=Cc4occc4NC3C)ccc21. The summed E-state index contributed by atoms with van der Waals surface area (Å²) in [7, 11) is 0. The summed E-state index contributed by atoms with van der Waals surface area (Å²) in [5.74, 6) is 0.550. The first-order chi connectivity index (χ1) is 15.1. The molecule has 0 aliphatic carbocycles. The molecule has 31 heavy (non-hydrogen) atoms. The number of aromatic nitrogens is 4. The van der Waals surface area contributed by atoms with Crippen molar-refractivity contribution in [3.63, 3.8) is 0 Å². The molecule has 1 atom stereocenters. The molecule has 154 valence electrons. The standard InChI is InChI=1S/C24H20FN5O/c1-3-29-21-6-4-15(25)10-18(21)19-11-16(5-7-22(19)29)30-23(13-26-28-30)17-12-24-20(8-9-31-24)27-14(17)2/h4-14,27H,3H2,1-2H3. The van der Waals surface area contributed by atoms with Crippen LogP contribution in [0.1, 0.15) is 25.3 Å². The molecule has 0 bridgehead atoms. The van der Waals surface area contributed by atoms with Crippen LogP contribution < -0.4 is 5.32 Å². The Bertz CT molecular complexity index is 1490. The molecule has 1 N–H and O–H groups in total. The van der Waals surface area contributed by atoms with Gasteiger partial charge in [-0.2, -0.15) is 0 Å². The van der Waals surface area contributed by atoms with Gasteiger partial charge in [-0.1, -0.05) is 5.21 Å². The number of halogens is 1. The lowest BCUT2D eigenvalue weighted by Crippen LogP contribution is -2.21. The van der Waals surface area contributed by atoms with E-state index in [-0.39, 0.29) is 11.9 Å². The monoisotopic (exact) mass is 413 g/mol. The van der Waals surface area contributed by atoms with Gasteiger partial charge in [-0.3, -0.25) is 0 Å². The fraction of sp³-hybridized carbons (Fsp3) is 0.167. The Labute approximate surface area is 177 Å². The summed E-state index contributed by atoms with van der Waals surface area (Å²) in [6.45, 7) is 5.00. The maximum absolute atomic E-state index is 14.0. The second-order valence-corrected chi connectivity index (χ2v) is 7.80. The van der Waals surface area contributed by atoms with E-state index in [1.165, 1.54) is 6.07 Å². The highest BCUT2D eigenvalue weighted by atomic mass is 19.1. The highest BCUT2D eigenvalue weighted by Gasteiger charge is 2.24. The average Bonchev–Trinajstić information content (AvgIpc) is 3.49. The zero-order valence-corrected chi connectivity index (χ0v) is 17.1. The van der Waals surface area contributed by atoms with E-state index in [0.29, 0.717) is 0 Å². The van der Waals surface area contributed by atoms with Crippen LogP contribution in [0.4, 0.5) is 10.1 Å². The minimum absolute atomic E-state index is 0.0715. The zero-order valence-electron chi connectivity index (χ0n) is 17.1. The van der Waals surface area contributed by atoms with Crippen LogP contribution in [0.15, 0.2) is 59.3 Å². The lowest BCUT2D eigenvalue weighted by atomic mass is 10.0. The van der Waals surface area contributed by atoms with Gasteiger partial charge in [-0.05, 0) is 56.3 Å². The van der Waals surface area contributed by atoms with Gasteiger partial charge in [-0.25, -0.2) is 9.07 Å². The Kier molecular flexibility index (Phi) is 3.80. The molecule has 6 nitrogen and oxygen atoms in total. The number of nitrogens with zero attached hydrogens (tertiary/aromatic N) is 4. The van der Waals surface area contributed by atoms with Crippen molar-refractivity contribution < 1.29 is 8.81 Å². The fourth-order valence-electron chi connectivity index (χ4n) is 4.58. The first kappa shape index (κ1) is 17.9. The third-order valence-electron chi connectivity index (χ3n) is 6.04. The molecule has 5 aromatic rings. The molecule has 1 aliphatic rings. The predicted molar refractivity (Wildman–Crippen MR) is 120 cm³/mol. The molecule has 0 spiro atoms. The van der Waals surface area contributed by atoms with Crippen LogP contribution in [0.5, 0.6) is 0 Å². The first-order valence-corrected chi connectivity index (χ1v) is 10.3. The molecule has 3 aromatic heterocycles. The Hall–Kier alpha value is -3.87. The van der Waals surface area contributed by atoms with Crippen molar-refractivity contribution in [3.05, 3.63) is 72.2 Å². The molecule has 0 radical (unpaired) electrons. The molecule has 6 rings (SSSR count). The number of fused-ring (bicyclic) bond motifs is 4. The smallest absolute Gasteiger partial charge is 0.150 e. The third-order valence-corrected chi connectivity index (χ3v) is 6.04. The number of benzene rings is 2. The molecule has 0 saturated carbocycles. The van der Waals surface area contributed by atoms with Crippen molar-refractivity contribution in [1.29, 1.82) is 0 Å². The first-order valence-electron chi connectivity index (χ1n) is 10.3. The maximum Gasteiger partial charge on any atom is 0.150 e. The molecule has 1 aliphatic heterocycles. The van der Waals surface area contributed by atoms with Gasteiger partial charge in [0.25, 0.3) is 0 Å². The van der Waals surface area contributed by atoms with Gasteiger partial charge in [0.15, 0.2) is 0 Å². The molecule has 1 unspecified atom stereocenters. The van der Waals surface area contributed by atoms with E-state index in [9.17, 15) is 4.39 Å². The second kappa shape index (κ2) is 6.57. The summed E-state index contributed by atoms with van der Waals surface area (Å²) in [5.41, 5.74) is 5.86. The molecular formula is C24H20FN5O. The van der Waals surface area contributed by atoms with E-state index in [1.807, 2.05) is 29.0 Å². The van der Waals surface area contributed by atoms with Crippen molar-refractivity contribution in [2.75, 3.05) is 5.32 Å². The number of hydrogen-bond acceptors (Lipinski definition) is 4. The third kappa shape index (κ3) is 2.63. The molecule has 2 aromatic carbocycles. The Morgan fingerprint density at radius 3 is 2.74 bits per heavy atom. The largest absolute Gasteiger partial charge is 0.463 e. The number of hydrogen-bond donors (Lipinski definition) is 1. The number of anilines is 1. The van der Waals surface area contributed by atoms with Gasteiger partial charge in [0.1, 0.15) is 11.6 Å². The Morgan fingerprint density at radius 1 is 1.10 bits per heavy atom. The lowest BCUT2D eigenvalue weighted by Gasteiger charge is -2.22. The lowest BCUT2D eigenvalue weighted by molar-refractivity contribution is 0.556. The number of furan rings is 1. The topological polar surface area (TPSA) is 60.8 Å². The van der Waals surface area contributed by atoms with Crippen molar-refractivity contribution in [2.45, 2.75) is 26.4 Å². The average molecular weight is 413 g/mol. The summed E-state index contributed by atoms with van der Waals surface area (Å²) in [6.07, 6.45) is 5.47. The number of aryl methyl sites for hydroxylation is 1. The second-order valence-electron chi connectivity index (χ2n) is 7.80. The summed E-state index contributed by atoms with van der Waals surface area (Å²) in [5, 5.41) is 13.9. The molecule has 0 saturated heterocycles. The minimum atomic E-state index is -0.240. The predicted octanol–water partition coefficient (Wildman–Crippen LogP) is 5.48. The van der Waals surface area contributed by atoms with Crippen molar-refractivity contribution in [3.8, 4) is 5.69 Å². The van der Waals surface area contributed by atoms with E-state index in [4.69, 9.17) is 4.42 Å². The van der Waals surface area contributed by atoms with E-state index in [1.54, 1.807) is 18.5 Å². The highest BCUT2D eigenvalue weighted by Crippen LogP contribution is 2.35. The van der Waals surface area contributed by atoms with Crippen molar-refractivity contribution >= 4 is 39.1 Å². The van der Waals surface area contributed by atoms with E-state index in [0.717, 1.165) is 56.8 Å².